The average Bonchev–Trinajstić information content (AvgIpc) is 2.91. The topological polar surface area (TPSA) is 21.3 Å². The van der Waals surface area contributed by atoms with E-state index in [-0.39, 0.29) is 11.9 Å². The minimum atomic E-state index is -0.225. The molecular weight excluding hydrogens is 277 g/mol. The van der Waals surface area contributed by atoms with Gasteiger partial charge in [-0.2, -0.15) is 0 Å². The second kappa shape index (κ2) is 5.65. The zero-order chi connectivity index (χ0) is 13.9. The van der Waals surface area contributed by atoms with Crippen LogP contribution in [0.5, 0.6) is 0 Å². The Balaban J connectivity index is 1.71. The molecule has 0 aliphatic carbocycles. The average molecular weight is 290 g/mol. The summed E-state index contributed by atoms with van der Waals surface area (Å²) in [4.78, 5) is 5.52. The monoisotopic (exact) mass is 289 g/mol. The van der Waals surface area contributed by atoms with E-state index in [1.807, 2.05) is 30.3 Å². The molecule has 0 saturated heterocycles. The van der Waals surface area contributed by atoms with Gasteiger partial charge in [-0.3, -0.25) is 10.3 Å². The lowest BCUT2D eigenvalue weighted by molar-refractivity contribution is 0.0519. The van der Waals surface area contributed by atoms with E-state index in [0.717, 1.165) is 16.8 Å². The summed E-state index contributed by atoms with van der Waals surface area (Å²) in [6.07, 6.45) is 2.66. The van der Waals surface area contributed by atoms with E-state index >= 15 is 0 Å². The highest BCUT2D eigenvalue weighted by molar-refractivity contribution is 6.30. The van der Waals surface area contributed by atoms with E-state index in [4.69, 9.17) is 16.4 Å². The normalized spacial score (nSPS) is 17.7. The maximum absolute atomic E-state index is 12.8. The molecule has 0 bridgehead atoms. The maximum atomic E-state index is 12.8. The number of benzene rings is 2. The summed E-state index contributed by atoms with van der Waals surface area (Å²) in [6, 6.07) is 14.0. The lowest BCUT2D eigenvalue weighted by Crippen LogP contribution is -2.14. The summed E-state index contributed by atoms with van der Waals surface area (Å²) in [5.41, 5.74) is 5.90. The van der Waals surface area contributed by atoms with E-state index in [1.54, 1.807) is 12.1 Å². The minimum absolute atomic E-state index is 0.0638. The number of hydrogen-bond donors (Lipinski definition) is 1. The number of nitrogens with one attached hydrogen (secondary N) is 1. The van der Waals surface area contributed by atoms with Crippen molar-refractivity contribution in [1.82, 2.24) is 5.48 Å². The summed E-state index contributed by atoms with van der Waals surface area (Å²) >= 11 is 5.87. The third-order valence-electron chi connectivity index (χ3n) is 3.18. The Morgan fingerprint density at radius 2 is 1.75 bits per heavy atom. The molecule has 1 aliphatic rings. The van der Waals surface area contributed by atoms with Crippen LogP contribution in [0.1, 0.15) is 11.1 Å². The molecule has 1 aliphatic heterocycles. The van der Waals surface area contributed by atoms with Crippen molar-refractivity contribution in [3.63, 3.8) is 0 Å². The summed E-state index contributed by atoms with van der Waals surface area (Å²) in [7, 11) is 0. The molecule has 0 amide bonds. The number of rotatable bonds is 3. The molecule has 20 heavy (non-hydrogen) atoms. The molecule has 3 rings (SSSR count). The smallest absolute Gasteiger partial charge is 0.123 e. The highest BCUT2D eigenvalue weighted by atomic mass is 35.5. The second-order valence-corrected chi connectivity index (χ2v) is 5.11. The third kappa shape index (κ3) is 3.00. The molecule has 102 valence electrons. The molecule has 0 fully saturated rings. The van der Waals surface area contributed by atoms with Gasteiger partial charge in [0, 0.05) is 11.4 Å². The van der Waals surface area contributed by atoms with Crippen LogP contribution in [-0.2, 0) is 11.3 Å². The van der Waals surface area contributed by atoms with Crippen molar-refractivity contribution >= 4 is 17.3 Å². The van der Waals surface area contributed by atoms with E-state index in [1.165, 1.54) is 12.1 Å². The molecule has 0 radical (unpaired) electrons. The molecule has 1 N–H and O–H groups in total. The summed E-state index contributed by atoms with van der Waals surface area (Å²) < 4.78 is 12.8. The Kier molecular flexibility index (Phi) is 3.72. The quantitative estimate of drug-likeness (QED) is 0.923. The molecule has 2 nitrogen and oxygen atoms in total. The minimum Gasteiger partial charge on any atom is -0.268 e. The van der Waals surface area contributed by atoms with Crippen LogP contribution < -0.4 is 5.48 Å². The van der Waals surface area contributed by atoms with Crippen LogP contribution >= 0.6 is 11.6 Å². The van der Waals surface area contributed by atoms with Gasteiger partial charge in [0.2, 0.25) is 0 Å². The Bertz CT molecular complexity index is 622. The number of hydrogen-bond acceptors (Lipinski definition) is 2. The van der Waals surface area contributed by atoms with Crippen LogP contribution in [0.4, 0.5) is 4.39 Å². The predicted molar refractivity (Wildman–Crippen MR) is 77.5 cm³/mol. The van der Waals surface area contributed by atoms with Crippen LogP contribution in [0.15, 0.2) is 54.6 Å². The van der Waals surface area contributed by atoms with E-state index in [0.29, 0.717) is 11.4 Å². The first-order chi connectivity index (χ1) is 9.70. The largest absolute Gasteiger partial charge is 0.268 e. The van der Waals surface area contributed by atoms with E-state index in [9.17, 15) is 4.39 Å². The molecule has 0 saturated carbocycles. The Morgan fingerprint density at radius 1 is 1.05 bits per heavy atom. The van der Waals surface area contributed by atoms with E-state index < -0.39 is 0 Å². The Morgan fingerprint density at radius 3 is 2.45 bits per heavy atom. The third-order valence-corrected chi connectivity index (χ3v) is 3.43. The van der Waals surface area contributed by atoms with Crippen LogP contribution in [0.25, 0.3) is 5.70 Å². The van der Waals surface area contributed by atoms with E-state index in [2.05, 4.69) is 5.48 Å². The van der Waals surface area contributed by atoms with Gasteiger partial charge in [-0.05, 0) is 41.5 Å². The second-order valence-electron chi connectivity index (χ2n) is 4.68. The van der Waals surface area contributed by atoms with Gasteiger partial charge < -0.3 is 0 Å². The number of hydroxylamine groups is 1. The zero-order valence-corrected chi connectivity index (χ0v) is 11.4. The van der Waals surface area contributed by atoms with Gasteiger partial charge in [-0.15, -0.1) is 0 Å². The molecule has 1 heterocycles. The van der Waals surface area contributed by atoms with Gasteiger partial charge in [-0.1, -0.05) is 35.9 Å². The Hall–Kier alpha value is -1.84. The van der Waals surface area contributed by atoms with Gasteiger partial charge in [0.15, 0.2) is 0 Å². The van der Waals surface area contributed by atoms with Crippen molar-refractivity contribution in [2.75, 3.05) is 0 Å². The van der Waals surface area contributed by atoms with Crippen molar-refractivity contribution < 1.29 is 9.23 Å². The predicted octanol–water partition coefficient (Wildman–Crippen LogP) is 3.97. The molecule has 4 heteroatoms. The van der Waals surface area contributed by atoms with Crippen molar-refractivity contribution in [2.24, 2.45) is 0 Å². The summed E-state index contributed by atoms with van der Waals surface area (Å²) in [5, 5.41) is 0.705. The maximum Gasteiger partial charge on any atom is 0.123 e. The molecule has 1 atom stereocenters. The lowest BCUT2D eigenvalue weighted by atomic mass is 10.1. The molecule has 2 aromatic carbocycles. The fraction of sp³-hybridized carbons (Fsp3) is 0.125. The van der Waals surface area contributed by atoms with Crippen LogP contribution in [0.3, 0.4) is 0 Å². The van der Waals surface area contributed by atoms with Crippen LogP contribution in [0.2, 0.25) is 5.02 Å². The lowest BCUT2D eigenvalue weighted by Gasteiger charge is -2.07. The fourth-order valence-electron chi connectivity index (χ4n) is 2.13. The standard InChI is InChI=1S/C16H13ClFNO/c17-13-5-3-12(4-6-13)16-10-15(20-19-16)9-11-1-7-14(18)8-2-11/h1-8,10,15,19H,9H2. The molecule has 1 unspecified atom stereocenters. The van der Waals surface area contributed by atoms with Gasteiger partial charge in [0.25, 0.3) is 0 Å². The van der Waals surface area contributed by atoms with Crippen molar-refractivity contribution in [3.05, 3.63) is 76.6 Å². The molecule has 2 aromatic rings. The van der Waals surface area contributed by atoms with Crippen LogP contribution in [-0.4, -0.2) is 6.10 Å². The van der Waals surface area contributed by atoms with Crippen molar-refractivity contribution in [1.29, 1.82) is 0 Å². The van der Waals surface area contributed by atoms with Gasteiger partial charge in [-0.25, -0.2) is 4.39 Å². The molecule has 0 spiro atoms. The highest BCUT2D eigenvalue weighted by Gasteiger charge is 2.17. The first-order valence-corrected chi connectivity index (χ1v) is 6.72. The number of halogens is 2. The van der Waals surface area contributed by atoms with Crippen molar-refractivity contribution in [2.45, 2.75) is 12.5 Å². The first-order valence-electron chi connectivity index (χ1n) is 6.34. The SMILES string of the molecule is Fc1ccc(CC2C=C(c3ccc(Cl)cc3)NO2)cc1. The molecule has 0 aromatic heterocycles. The Labute approximate surface area is 121 Å². The van der Waals surface area contributed by atoms with Gasteiger partial charge in [0.05, 0.1) is 5.70 Å². The summed E-state index contributed by atoms with van der Waals surface area (Å²) in [6.45, 7) is 0. The van der Waals surface area contributed by atoms with Crippen molar-refractivity contribution in [3.8, 4) is 0 Å². The summed E-state index contributed by atoms with van der Waals surface area (Å²) in [5.74, 6) is -0.225. The molecular formula is C16H13ClFNO. The van der Waals surface area contributed by atoms with Gasteiger partial charge in [0.1, 0.15) is 11.9 Å². The first kappa shape index (κ1) is 13.2. The van der Waals surface area contributed by atoms with Crippen LogP contribution in [0, 0.1) is 5.82 Å². The highest BCUT2D eigenvalue weighted by Crippen LogP contribution is 2.22. The zero-order valence-electron chi connectivity index (χ0n) is 10.6. The van der Waals surface area contributed by atoms with Gasteiger partial charge >= 0.3 is 0 Å². The fourth-order valence-corrected chi connectivity index (χ4v) is 2.26.